The van der Waals surface area contributed by atoms with E-state index in [2.05, 4.69) is 0 Å². The number of likely N-dealkylation sites (N-methyl/N-ethyl adjacent to an activating group) is 1. The standard InChI is InChI=1S/C12H16ClNO2S/c1-2-14(7-8-15)12(16)9-17-11-5-3-10(13)4-6-11/h3-6,15H,2,7-9H2,1H3. The zero-order chi connectivity index (χ0) is 12.7. The highest BCUT2D eigenvalue weighted by Gasteiger charge is 2.10. The van der Waals surface area contributed by atoms with E-state index in [0.29, 0.717) is 23.9 Å². The van der Waals surface area contributed by atoms with Gasteiger partial charge in [0.1, 0.15) is 0 Å². The van der Waals surface area contributed by atoms with Gasteiger partial charge in [0.05, 0.1) is 12.4 Å². The highest BCUT2D eigenvalue weighted by molar-refractivity contribution is 8.00. The molecule has 5 heteroatoms. The Hall–Kier alpha value is -0.710. The molecule has 0 saturated carbocycles. The minimum atomic E-state index is 0.00515. The normalized spacial score (nSPS) is 10.3. The van der Waals surface area contributed by atoms with Crippen molar-refractivity contribution in [2.24, 2.45) is 0 Å². The molecule has 0 radical (unpaired) electrons. The minimum absolute atomic E-state index is 0.00515. The van der Waals surface area contributed by atoms with Crippen molar-refractivity contribution >= 4 is 29.3 Å². The van der Waals surface area contributed by atoms with Crippen molar-refractivity contribution in [3.05, 3.63) is 29.3 Å². The maximum atomic E-state index is 11.8. The predicted molar refractivity (Wildman–Crippen MR) is 71.5 cm³/mol. The first kappa shape index (κ1) is 14.4. The van der Waals surface area contributed by atoms with Gasteiger partial charge in [-0.15, -0.1) is 11.8 Å². The molecule has 94 valence electrons. The lowest BCUT2D eigenvalue weighted by Crippen LogP contribution is -2.34. The summed E-state index contributed by atoms with van der Waals surface area (Å²) in [5, 5.41) is 9.51. The minimum Gasteiger partial charge on any atom is -0.395 e. The summed E-state index contributed by atoms with van der Waals surface area (Å²) in [6.07, 6.45) is 0. The van der Waals surface area contributed by atoms with E-state index in [9.17, 15) is 4.79 Å². The summed E-state index contributed by atoms with van der Waals surface area (Å²) in [5.74, 6) is 0.427. The van der Waals surface area contributed by atoms with Crippen LogP contribution in [0.5, 0.6) is 0 Å². The second-order valence-corrected chi connectivity index (χ2v) is 4.92. The number of amides is 1. The van der Waals surface area contributed by atoms with Crippen LogP contribution in [0.15, 0.2) is 29.2 Å². The summed E-state index contributed by atoms with van der Waals surface area (Å²) in [7, 11) is 0. The lowest BCUT2D eigenvalue weighted by Gasteiger charge is -2.19. The Labute approximate surface area is 111 Å². The lowest BCUT2D eigenvalue weighted by atomic mass is 10.4. The van der Waals surface area contributed by atoms with E-state index in [1.54, 1.807) is 17.0 Å². The summed E-state index contributed by atoms with van der Waals surface area (Å²) in [6, 6.07) is 7.39. The molecule has 0 saturated heterocycles. The van der Waals surface area contributed by atoms with Crippen LogP contribution in [0.4, 0.5) is 0 Å². The van der Waals surface area contributed by atoms with Gasteiger partial charge in [-0.05, 0) is 31.2 Å². The zero-order valence-corrected chi connectivity index (χ0v) is 11.3. The van der Waals surface area contributed by atoms with Crippen LogP contribution in [0, 0.1) is 0 Å². The number of rotatable bonds is 6. The third kappa shape index (κ3) is 4.98. The van der Waals surface area contributed by atoms with Crippen molar-refractivity contribution in [3.63, 3.8) is 0 Å². The van der Waals surface area contributed by atoms with E-state index in [0.717, 1.165) is 4.90 Å². The Morgan fingerprint density at radius 1 is 1.41 bits per heavy atom. The molecule has 1 aromatic carbocycles. The molecule has 1 aromatic rings. The molecule has 1 N–H and O–H groups in total. The van der Waals surface area contributed by atoms with Crippen LogP contribution in [0.2, 0.25) is 5.02 Å². The zero-order valence-electron chi connectivity index (χ0n) is 9.73. The maximum absolute atomic E-state index is 11.8. The van der Waals surface area contributed by atoms with E-state index in [1.807, 2.05) is 19.1 Å². The molecule has 0 aliphatic carbocycles. The maximum Gasteiger partial charge on any atom is 0.233 e. The van der Waals surface area contributed by atoms with E-state index in [1.165, 1.54) is 11.8 Å². The van der Waals surface area contributed by atoms with Crippen LogP contribution in [0.1, 0.15) is 6.92 Å². The third-order valence-corrected chi connectivity index (χ3v) is 3.53. The molecule has 0 fully saturated rings. The molecule has 0 heterocycles. The van der Waals surface area contributed by atoms with Gasteiger partial charge in [-0.25, -0.2) is 0 Å². The molecule has 0 unspecified atom stereocenters. The van der Waals surface area contributed by atoms with Crippen LogP contribution >= 0.6 is 23.4 Å². The Bertz CT molecular complexity index is 356. The van der Waals surface area contributed by atoms with E-state index >= 15 is 0 Å². The number of thioether (sulfide) groups is 1. The van der Waals surface area contributed by atoms with E-state index < -0.39 is 0 Å². The number of benzene rings is 1. The van der Waals surface area contributed by atoms with Gasteiger partial charge in [0.15, 0.2) is 0 Å². The molecule has 0 aliphatic rings. The molecule has 1 rings (SSSR count). The molecule has 3 nitrogen and oxygen atoms in total. The molecular formula is C12H16ClNO2S. The average Bonchev–Trinajstić information content (AvgIpc) is 2.35. The Balaban J connectivity index is 2.44. The quantitative estimate of drug-likeness (QED) is 0.809. The van der Waals surface area contributed by atoms with E-state index in [4.69, 9.17) is 16.7 Å². The number of nitrogens with zero attached hydrogens (tertiary/aromatic N) is 1. The summed E-state index contributed by atoms with van der Waals surface area (Å²) in [5.41, 5.74) is 0. The van der Waals surface area contributed by atoms with Crippen molar-refractivity contribution < 1.29 is 9.90 Å². The number of hydrogen-bond donors (Lipinski definition) is 1. The highest BCUT2D eigenvalue weighted by atomic mass is 35.5. The SMILES string of the molecule is CCN(CCO)C(=O)CSc1ccc(Cl)cc1. The van der Waals surface area contributed by atoms with Crippen molar-refractivity contribution in [2.45, 2.75) is 11.8 Å². The van der Waals surface area contributed by atoms with Gasteiger partial charge in [-0.2, -0.15) is 0 Å². The van der Waals surface area contributed by atoms with Crippen molar-refractivity contribution in [2.75, 3.05) is 25.4 Å². The van der Waals surface area contributed by atoms with Gasteiger partial charge in [0.25, 0.3) is 0 Å². The smallest absolute Gasteiger partial charge is 0.233 e. The van der Waals surface area contributed by atoms with Gasteiger partial charge in [0, 0.05) is 23.0 Å². The summed E-state index contributed by atoms with van der Waals surface area (Å²) in [4.78, 5) is 14.4. The molecule has 1 amide bonds. The first-order valence-corrected chi connectivity index (χ1v) is 6.80. The fraction of sp³-hybridized carbons (Fsp3) is 0.417. The highest BCUT2D eigenvalue weighted by Crippen LogP contribution is 2.20. The number of aliphatic hydroxyl groups excluding tert-OH is 1. The fourth-order valence-corrected chi connectivity index (χ4v) is 2.27. The molecular weight excluding hydrogens is 258 g/mol. The molecule has 0 atom stereocenters. The molecule has 0 aromatic heterocycles. The lowest BCUT2D eigenvalue weighted by molar-refractivity contribution is -0.128. The van der Waals surface area contributed by atoms with Gasteiger partial charge in [-0.3, -0.25) is 4.79 Å². The van der Waals surface area contributed by atoms with Gasteiger partial charge < -0.3 is 10.0 Å². The second kappa shape index (κ2) is 7.58. The Kier molecular flexibility index (Phi) is 6.40. The van der Waals surface area contributed by atoms with Crippen molar-refractivity contribution in [3.8, 4) is 0 Å². The van der Waals surface area contributed by atoms with Crippen LogP contribution in [0.3, 0.4) is 0 Å². The first-order chi connectivity index (χ1) is 8.17. The van der Waals surface area contributed by atoms with Crippen molar-refractivity contribution in [1.82, 2.24) is 4.90 Å². The number of carbonyl (C=O) groups is 1. The predicted octanol–water partition coefficient (Wildman–Crippen LogP) is 2.27. The molecule has 0 bridgehead atoms. The second-order valence-electron chi connectivity index (χ2n) is 3.44. The monoisotopic (exact) mass is 273 g/mol. The Morgan fingerprint density at radius 2 is 2.06 bits per heavy atom. The van der Waals surface area contributed by atoms with Crippen LogP contribution in [-0.2, 0) is 4.79 Å². The Morgan fingerprint density at radius 3 is 2.59 bits per heavy atom. The molecule has 0 spiro atoms. The number of aliphatic hydroxyl groups is 1. The average molecular weight is 274 g/mol. The van der Waals surface area contributed by atoms with Crippen LogP contribution in [-0.4, -0.2) is 41.4 Å². The van der Waals surface area contributed by atoms with Crippen LogP contribution in [0.25, 0.3) is 0 Å². The number of hydrogen-bond acceptors (Lipinski definition) is 3. The number of carbonyl (C=O) groups excluding carboxylic acids is 1. The largest absolute Gasteiger partial charge is 0.395 e. The molecule has 17 heavy (non-hydrogen) atoms. The number of halogens is 1. The summed E-state index contributed by atoms with van der Waals surface area (Å²) < 4.78 is 0. The van der Waals surface area contributed by atoms with Gasteiger partial charge in [0.2, 0.25) is 5.91 Å². The van der Waals surface area contributed by atoms with Crippen LogP contribution < -0.4 is 0 Å². The first-order valence-electron chi connectivity index (χ1n) is 5.44. The van der Waals surface area contributed by atoms with E-state index in [-0.39, 0.29) is 12.5 Å². The van der Waals surface area contributed by atoms with Gasteiger partial charge in [-0.1, -0.05) is 11.6 Å². The topological polar surface area (TPSA) is 40.5 Å². The van der Waals surface area contributed by atoms with Gasteiger partial charge >= 0.3 is 0 Å². The van der Waals surface area contributed by atoms with Crippen molar-refractivity contribution in [1.29, 1.82) is 0 Å². The summed E-state index contributed by atoms with van der Waals surface area (Å²) >= 11 is 7.25. The third-order valence-electron chi connectivity index (χ3n) is 2.28. The molecule has 0 aliphatic heterocycles. The fourth-order valence-electron chi connectivity index (χ4n) is 1.35. The summed E-state index contributed by atoms with van der Waals surface area (Å²) in [6.45, 7) is 2.93.